The number of carbonyl (C=O) groups is 3. The molecule has 1 aliphatic rings. The number of rotatable bonds is 10. The van der Waals surface area contributed by atoms with Crippen LogP contribution < -0.4 is 16.5 Å². The molecule has 3 rings (SSSR count). The number of Topliss-reactive ketones (excluding diaryl/α,β-unsaturated/α-hetero) is 1. The topological polar surface area (TPSA) is 139 Å². The number of amides is 2. The van der Waals surface area contributed by atoms with Crippen molar-refractivity contribution in [3.8, 4) is 5.69 Å². The highest BCUT2D eigenvalue weighted by molar-refractivity contribution is 6.00. The van der Waals surface area contributed by atoms with Crippen molar-refractivity contribution in [2.45, 2.75) is 65.0 Å². The van der Waals surface area contributed by atoms with Gasteiger partial charge in [0.2, 0.25) is 5.91 Å². The summed E-state index contributed by atoms with van der Waals surface area (Å²) < 4.78 is 42.4. The molecule has 2 amide bonds. The Morgan fingerprint density at radius 2 is 1.86 bits per heavy atom. The number of hydroxylamine groups is 1. The highest BCUT2D eigenvalue weighted by atomic mass is 19.4. The summed E-state index contributed by atoms with van der Waals surface area (Å²) in [6.45, 7) is 4.09. The first-order valence-electron chi connectivity index (χ1n) is 11.7. The molecule has 0 spiro atoms. The van der Waals surface area contributed by atoms with Crippen molar-refractivity contribution in [1.82, 2.24) is 15.3 Å². The molecule has 1 aromatic carbocycles. The monoisotopic (exact) mass is 509 g/mol. The molecule has 0 saturated carbocycles. The van der Waals surface area contributed by atoms with Crippen molar-refractivity contribution in [3.05, 3.63) is 40.7 Å². The molecule has 0 unspecified atom stereocenters. The van der Waals surface area contributed by atoms with Crippen molar-refractivity contribution in [3.63, 3.8) is 0 Å². The molecular weight excluding hydrogens is 479 g/mol. The molecule has 0 atom stereocenters. The van der Waals surface area contributed by atoms with Crippen LogP contribution >= 0.6 is 0 Å². The third kappa shape index (κ3) is 6.23. The van der Waals surface area contributed by atoms with E-state index in [1.54, 1.807) is 5.48 Å². The lowest BCUT2D eigenvalue weighted by Crippen LogP contribution is -2.29. The van der Waals surface area contributed by atoms with Crippen LogP contribution in [0.15, 0.2) is 18.2 Å². The van der Waals surface area contributed by atoms with Gasteiger partial charge in [0.25, 0.3) is 5.91 Å². The molecule has 0 bridgehead atoms. The van der Waals surface area contributed by atoms with Gasteiger partial charge in [-0.3, -0.25) is 19.6 Å². The maximum atomic E-state index is 13.7. The molecule has 0 radical (unpaired) electrons. The number of benzene rings is 1. The Labute approximate surface area is 206 Å². The fourth-order valence-corrected chi connectivity index (χ4v) is 4.43. The van der Waals surface area contributed by atoms with Gasteiger partial charge in [0.1, 0.15) is 0 Å². The zero-order valence-electron chi connectivity index (χ0n) is 20.2. The summed E-state index contributed by atoms with van der Waals surface area (Å²) in [5.74, 6) is -1.74. The second-order valence-corrected chi connectivity index (χ2v) is 9.74. The number of nitrogens with zero attached hydrogens (tertiary/aromatic N) is 2. The van der Waals surface area contributed by atoms with Crippen LogP contribution in [0.2, 0.25) is 0 Å². The third-order valence-electron chi connectivity index (χ3n) is 6.10. The predicted octanol–water partition coefficient (Wildman–Crippen LogP) is 4.01. The summed E-state index contributed by atoms with van der Waals surface area (Å²) in [6, 6.07) is 4.38. The number of halogens is 3. The van der Waals surface area contributed by atoms with Crippen LogP contribution in [0, 0.1) is 5.41 Å². The highest BCUT2D eigenvalue weighted by Gasteiger charge is 2.45. The van der Waals surface area contributed by atoms with Gasteiger partial charge in [-0.1, -0.05) is 26.7 Å². The average Bonchev–Trinajstić information content (AvgIpc) is 3.17. The van der Waals surface area contributed by atoms with Gasteiger partial charge in [-0.25, -0.2) is 10.2 Å². The fraction of sp³-hybridized carbons (Fsp3) is 0.500. The molecule has 1 heterocycles. The van der Waals surface area contributed by atoms with Gasteiger partial charge in [-0.2, -0.15) is 18.3 Å². The second kappa shape index (κ2) is 10.7. The Bertz CT molecular complexity index is 1160. The number of unbranched alkanes of at least 4 members (excludes halogenated alkanes) is 3. The Morgan fingerprint density at radius 3 is 2.50 bits per heavy atom. The van der Waals surface area contributed by atoms with Crippen LogP contribution in [0.3, 0.4) is 0 Å². The lowest BCUT2D eigenvalue weighted by molar-refractivity contribution is -0.141. The van der Waals surface area contributed by atoms with Crippen LogP contribution in [0.5, 0.6) is 0 Å². The van der Waals surface area contributed by atoms with E-state index in [0.717, 1.165) is 17.5 Å². The molecular formula is C24H30F3N5O4. The third-order valence-corrected chi connectivity index (χ3v) is 6.10. The first-order chi connectivity index (χ1) is 16.8. The van der Waals surface area contributed by atoms with Crippen molar-refractivity contribution >= 4 is 23.3 Å². The average molecular weight is 510 g/mol. The Balaban J connectivity index is 1.86. The molecule has 2 aromatic rings. The minimum Gasteiger partial charge on any atom is -0.384 e. The van der Waals surface area contributed by atoms with Crippen LogP contribution in [0.25, 0.3) is 5.69 Å². The molecule has 36 heavy (non-hydrogen) atoms. The number of hydrogen-bond donors (Lipinski definition) is 4. The molecule has 0 aliphatic heterocycles. The lowest BCUT2D eigenvalue weighted by Gasteiger charge is -2.29. The molecule has 9 nitrogen and oxygen atoms in total. The quantitative estimate of drug-likeness (QED) is 0.217. The first-order valence-corrected chi connectivity index (χ1v) is 11.7. The normalized spacial score (nSPS) is 14.9. The van der Waals surface area contributed by atoms with Crippen molar-refractivity contribution in [2.24, 2.45) is 11.1 Å². The van der Waals surface area contributed by atoms with Crippen molar-refractivity contribution < 1.29 is 32.8 Å². The van der Waals surface area contributed by atoms with E-state index in [1.807, 2.05) is 13.8 Å². The number of alkyl halides is 3. The van der Waals surface area contributed by atoms with Crippen molar-refractivity contribution in [2.75, 3.05) is 11.9 Å². The number of primary amides is 1. The van der Waals surface area contributed by atoms with E-state index in [2.05, 4.69) is 10.4 Å². The minimum atomic E-state index is -4.79. The van der Waals surface area contributed by atoms with Gasteiger partial charge < -0.3 is 11.1 Å². The van der Waals surface area contributed by atoms with E-state index in [1.165, 1.54) is 18.2 Å². The van der Waals surface area contributed by atoms with Gasteiger partial charge in [-0.15, -0.1) is 0 Å². The summed E-state index contributed by atoms with van der Waals surface area (Å²) >= 11 is 0. The molecule has 1 aliphatic carbocycles. The highest BCUT2D eigenvalue weighted by Crippen LogP contribution is 2.42. The number of nitrogens with two attached hydrogens (primary N) is 1. The molecule has 1 aromatic heterocycles. The number of carbonyl (C=O) groups excluding carboxylic acids is 3. The van der Waals surface area contributed by atoms with Gasteiger partial charge in [0, 0.05) is 25.1 Å². The Morgan fingerprint density at radius 1 is 1.17 bits per heavy atom. The summed E-state index contributed by atoms with van der Waals surface area (Å²) in [7, 11) is 0. The van der Waals surface area contributed by atoms with E-state index >= 15 is 0 Å². The number of fused-ring (bicyclic) bond motifs is 1. The van der Waals surface area contributed by atoms with Crippen LogP contribution in [-0.2, 0) is 17.4 Å². The van der Waals surface area contributed by atoms with E-state index in [-0.39, 0.29) is 36.2 Å². The summed E-state index contributed by atoms with van der Waals surface area (Å²) in [4.78, 5) is 35.6. The number of aromatic nitrogens is 2. The predicted molar refractivity (Wildman–Crippen MR) is 125 cm³/mol. The fourth-order valence-electron chi connectivity index (χ4n) is 4.43. The number of hydrogen-bond acceptors (Lipinski definition) is 6. The molecule has 12 heteroatoms. The second-order valence-electron chi connectivity index (χ2n) is 9.74. The number of nitrogens with one attached hydrogen (secondary N) is 2. The number of ketones is 1. The smallest absolute Gasteiger partial charge is 0.384 e. The van der Waals surface area contributed by atoms with Crippen LogP contribution in [0.4, 0.5) is 18.9 Å². The minimum absolute atomic E-state index is 0.00708. The standard InChI is InChI=1S/C24H30F3N5O4/c1-23(2)12-17-20(18(33)13-23)21(24(25,26)27)30-32(17)14-8-9-15(22(28)35)16(11-14)29-10-6-4-3-5-7-19(34)31-36/h8-9,11,29,36H,3-7,10,12-13H2,1-2H3,(H2,28,35)(H,31,34). The number of anilines is 1. The zero-order valence-corrected chi connectivity index (χ0v) is 20.2. The maximum absolute atomic E-state index is 13.7. The SMILES string of the molecule is CC1(C)CC(=O)c2c(C(F)(F)F)nn(-c3ccc(C(N)=O)c(NCCCCCCC(=O)NO)c3)c2C1. The molecule has 5 N–H and O–H groups in total. The van der Waals surface area contributed by atoms with Gasteiger partial charge in [0.05, 0.1) is 22.5 Å². The summed E-state index contributed by atoms with van der Waals surface area (Å²) in [6.07, 6.45) is -1.53. The summed E-state index contributed by atoms with van der Waals surface area (Å²) in [5.41, 5.74) is 5.91. The van der Waals surface area contributed by atoms with Gasteiger partial charge >= 0.3 is 6.18 Å². The summed E-state index contributed by atoms with van der Waals surface area (Å²) in [5, 5.41) is 15.4. The van der Waals surface area contributed by atoms with E-state index in [9.17, 15) is 27.6 Å². The Hall–Kier alpha value is -3.41. The molecule has 0 saturated heterocycles. The van der Waals surface area contributed by atoms with Gasteiger partial charge in [-0.05, 0) is 42.9 Å². The molecule has 196 valence electrons. The van der Waals surface area contributed by atoms with Crippen LogP contribution in [-0.4, -0.2) is 39.1 Å². The van der Waals surface area contributed by atoms with E-state index in [4.69, 9.17) is 10.9 Å². The maximum Gasteiger partial charge on any atom is 0.435 e. The van der Waals surface area contributed by atoms with Crippen molar-refractivity contribution in [1.29, 1.82) is 0 Å². The first kappa shape index (κ1) is 27.2. The lowest BCUT2D eigenvalue weighted by atomic mass is 9.75. The molecule has 0 fully saturated rings. The van der Waals surface area contributed by atoms with Crippen LogP contribution in [0.1, 0.15) is 84.5 Å². The van der Waals surface area contributed by atoms with E-state index in [0.29, 0.717) is 25.1 Å². The zero-order chi connectivity index (χ0) is 26.7. The largest absolute Gasteiger partial charge is 0.435 e. The van der Waals surface area contributed by atoms with E-state index < -0.39 is 40.4 Å². The van der Waals surface area contributed by atoms with Gasteiger partial charge in [0.15, 0.2) is 11.5 Å². The Kier molecular flexibility index (Phi) is 8.07.